The third-order valence-corrected chi connectivity index (χ3v) is 8.79. The van der Waals surface area contributed by atoms with Crippen LogP contribution in [0.15, 0.2) is 0 Å². The summed E-state index contributed by atoms with van der Waals surface area (Å²) in [5.74, 6) is 0. The molecule has 0 bridgehead atoms. The van der Waals surface area contributed by atoms with Gasteiger partial charge in [-0.1, -0.05) is 55.1 Å². The lowest BCUT2D eigenvalue weighted by Crippen LogP contribution is -2.08. The Morgan fingerprint density at radius 1 is 0.500 bits per heavy atom. The molecule has 14 heavy (non-hydrogen) atoms. The van der Waals surface area contributed by atoms with Crippen molar-refractivity contribution in [3.63, 3.8) is 0 Å². The number of hydrogen-bond donors (Lipinski definition) is 0. The van der Waals surface area contributed by atoms with Gasteiger partial charge in [-0.25, -0.2) is 0 Å². The normalized spacial score (nSPS) is 28.3. The van der Waals surface area contributed by atoms with Crippen LogP contribution in [0.25, 0.3) is 0 Å². The fraction of sp³-hybridized carbons (Fsp3) is 1.00. The average Bonchev–Trinajstić information content (AvgIpc) is 2.29. The van der Waals surface area contributed by atoms with Crippen LogP contribution in [0.5, 0.6) is 0 Å². The van der Waals surface area contributed by atoms with Gasteiger partial charge in [-0.3, -0.25) is 0 Å². The van der Waals surface area contributed by atoms with Crippen molar-refractivity contribution in [1.82, 2.24) is 0 Å². The monoisotopic (exact) mass is 230 g/mol. The third-order valence-electron chi connectivity index (χ3n) is 3.70. The highest BCUT2D eigenvalue weighted by molar-refractivity contribution is 8.12. The minimum atomic E-state index is 1.16. The van der Waals surface area contributed by atoms with E-state index < -0.39 is 0 Å². The number of hydrogen-bond acceptors (Lipinski definition) is 0. The van der Waals surface area contributed by atoms with Crippen molar-refractivity contribution in [2.24, 2.45) is 0 Å². The van der Waals surface area contributed by atoms with Crippen molar-refractivity contribution in [2.45, 2.75) is 75.5 Å². The van der Waals surface area contributed by atoms with E-state index >= 15 is 0 Å². The van der Waals surface area contributed by atoms with Crippen LogP contribution in [-0.4, -0.2) is 11.3 Å². The molecule has 2 saturated carbocycles. The molecule has 0 heterocycles. The largest absolute Gasteiger partial charge is 0.0958 e. The van der Waals surface area contributed by atoms with Gasteiger partial charge in [0.1, 0.15) is 0 Å². The second-order valence-electron chi connectivity index (χ2n) is 4.96. The van der Waals surface area contributed by atoms with E-state index in [1.165, 1.54) is 55.1 Å². The van der Waals surface area contributed by atoms with Gasteiger partial charge < -0.3 is 0 Å². The van der Waals surface area contributed by atoms with Gasteiger partial charge in [0.25, 0.3) is 0 Å². The van der Waals surface area contributed by atoms with E-state index in [4.69, 9.17) is 0 Å². The van der Waals surface area contributed by atoms with E-state index in [1.54, 1.807) is 25.7 Å². The lowest BCUT2D eigenvalue weighted by molar-refractivity contribution is 0.511. The molecule has 2 aliphatic carbocycles. The summed E-state index contributed by atoms with van der Waals surface area (Å²) in [6.07, 6.45) is 15.5. The first-order valence-corrected chi connectivity index (χ1v) is 9.62. The summed E-state index contributed by atoms with van der Waals surface area (Å²) >= 11 is 0. The maximum atomic E-state index is 1.57. The van der Waals surface area contributed by atoms with Gasteiger partial charge in [0.2, 0.25) is 0 Å². The van der Waals surface area contributed by atoms with Gasteiger partial charge in [0.15, 0.2) is 0 Å². The molecule has 2 fully saturated rings. The van der Waals surface area contributed by atoms with Crippen LogP contribution in [-0.2, 0) is 0 Å². The van der Waals surface area contributed by atoms with Gasteiger partial charge in [0, 0.05) is 0 Å². The minimum Gasteiger partial charge on any atom is -0.0958 e. The topological polar surface area (TPSA) is 0 Å². The van der Waals surface area contributed by atoms with Crippen molar-refractivity contribution in [3.05, 3.63) is 0 Å². The minimum absolute atomic E-state index is 1.16. The molecule has 0 aromatic heterocycles. The SMILES string of the molecule is C1CCC(PPC2CCCCC2)CC1. The van der Waals surface area contributed by atoms with Gasteiger partial charge in [-0.2, -0.15) is 0 Å². The van der Waals surface area contributed by atoms with Gasteiger partial charge in [-0.15, -0.1) is 0 Å². The maximum absolute atomic E-state index is 1.57. The highest BCUT2D eigenvalue weighted by atomic mass is 32.0. The Morgan fingerprint density at radius 3 is 1.21 bits per heavy atom. The Hall–Kier alpha value is 0.860. The zero-order valence-electron chi connectivity index (χ0n) is 9.23. The van der Waals surface area contributed by atoms with E-state index in [-0.39, 0.29) is 0 Å². The molecule has 82 valence electrons. The van der Waals surface area contributed by atoms with E-state index in [2.05, 4.69) is 0 Å². The fourth-order valence-electron chi connectivity index (χ4n) is 2.73. The smallest absolute Gasteiger partial charge is 0.0200 e. The first-order valence-electron chi connectivity index (χ1n) is 6.46. The second-order valence-corrected chi connectivity index (χ2v) is 8.90. The Morgan fingerprint density at radius 2 is 0.857 bits per heavy atom. The molecule has 0 radical (unpaired) electrons. The van der Waals surface area contributed by atoms with Crippen LogP contribution in [0.1, 0.15) is 64.2 Å². The highest BCUT2D eigenvalue weighted by Crippen LogP contribution is 2.52. The summed E-state index contributed by atoms with van der Waals surface area (Å²) < 4.78 is 0. The summed E-state index contributed by atoms with van der Waals surface area (Å²) in [6.45, 7) is 0. The van der Waals surface area contributed by atoms with Gasteiger partial charge in [-0.05, 0) is 37.0 Å². The maximum Gasteiger partial charge on any atom is -0.0200 e. The molecule has 2 rings (SSSR count). The van der Waals surface area contributed by atoms with Crippen LogP contribution in [0, 0.1) is 0 Å². The molecule has 2 heteroatoms. The Kier molecular flexibility index (Phi) is 5.22. The molecule has 0 aromatic rings. The molecule has 0 nitrogen and oxygen atoms in total. The summed E-state index contributed by atoms with van der Waals surface area (Å²) in [6, 6.07) is 0. The molecule has 2 unspecified atom stereocenters. The molecule has 0 aromatic carbocycles. The van der Waals surface area contributed by atoms with E-state index in [9.17, 15) is 0 Å². The molecule has 0 amide bonds. The van der Waals surface area contributed by atoms with E-state index in [0.717, 1.165) is 11.3 Å². The predicted octanol–water partition coefficient (Wildman–Crippen LogP) is 4.92. The summed E-state index contributed by atoms with van der Waals surface area (Å²) in [5, 5.41) is 0. The molecule has 0 aliphatic heterocycles. The Bertz CT molecular complexity index is 128. The third kappa shape index (κ3) is 3.79. The van der Waals surface area contributed by atoms with Crippen molar-refractivity contribution in [1.29, 1.82) is 0 Å². The molecule has 0 spiro atoms. The highest BCUT2D eigenvalue weighted by Gasteiger charge is 2.17. The lowest BCUT2D eigenvalue weighted by Gasteiger charge is -2.26. The predicted molar refractivity (Wildman–Crippen MR) is 70.4 cm³/mol. The summed E-state index contributed by atoms with van der Waals surface area (Å²) in [5.41, 5.74) is 2.31. The standard InChI is InChI=1S/C12H24P2/c1-3-7-11(8-4-1)13-14-12-9-5-2-6-10-12/h11-14H,1-10H2. The van der Waals surface area contributed by atoms with Crippen LogP contribution >= 0.6 is 16.5 Å². The first-order chi connectivity index (χ1) is 6.95. The van der Waals surface area contributed by atoms with E-state index in [1.807, 2.05) is 0 Å². The molecule has 0 N–H and O–H groups in total. The molecule has 0 saturated heterocycles. The van der Waals surface area contributed by atoms with Crippen molar-refractivity contribution < 1.29 is 0 Å². The molecule has 2 atom stereocenters. The van der Waals surface area contributed by atoms with Crippen LogP contribution in [0.4, 0.5) is 0 Å². The summed E-state index contributed by atoms with van der Waals surface area (Å²) in [7, 11) is 2.68. The van der Waals surface area contributed by atoms with Crippen molar-refractivity contribution in [2.75, 3.05) is 0 Å². The Balaban J connectivity index is 1.60. The van der Waals surface area contributed by atoms with E-state index in [0.29, 0.717) is 0 Å². The Labute approximate surface area is 92.5 Å². The lowest BCUT2D eigenvalue weighted by atomic mass is 10.0. The van der Waals surface area contributed by atoms with Crippen LogP contribution < -0.4 is 0 Å². The summed E-state index contributed by atoms with van der Waals surface area (Å²) in [4.78, 5) is 0. The number of rotatable bonds is 3. The average molecular weight is 230 g/mol. The molecule has 2 aliphatic rings. The van der Waals surface area contributed by atoms with Crippen molar-refractivity contribution >= 4 is 16.5 Å². The quantitative estimate of drug-likeness (QED) is 0.603. The van der Waals surface area contributed by atoms with Gasteiger partial charge in [0.05, 0.1) is 0 Å². The zero-order valence-corrected chi connectivity index (χ0v) is 11.2. The second kappa shape index (κ2) is 6.44. The fourth-order valence-corrected chi connectivity index (χ4v) is 7.74. The van der Waals surface area contributed by atoms with Crippen molar-refractivity contribution in [3.8, 4) is 0 Å². The van der Waals surface area contributed by atoms with Crippen LogP contribution in [0.2, 0.25) is 0 Å². The zero-order chi connectivity index (χ0) is 9.64. The first kappa shape index (κ1) is 11.3. The van der Waals surface area contributed by atoms with Gasteiger partial charge >= 0.3 is 0 Å². The molecular formula is C12H24P2. The van der Waals surface area contributed by atoms with Crippen LogP contribution in [0.3, 0.4) is 0 Å². The molecular weight excluding hydrogens is 206 g/mol.